The van der Waals surface area contributed by atoms with Crippen LogP contribution in [0, 0.1) is 10.1 Å². The van der Waals surface area contributed by atoms with Crippen LogP contribution in [0.1, 0.15) is 10.5 Å². The van der Waals surface area contributed by atoms with E-state index in [1.54, 1.807) is 4.57 Å². The van der Waals surface area contributed by atoms with Crippen LogP contribution in [-0.4, -0.2) is 33.7 Å². The average molecular weight is 384 g/mol. The number of carbonyl (C=O) groups excluding carboxylic acids is 1. The van der Waals surface area contributed by atoms with Gasteiger partial charge in [0.15, 0.2) is 5.16 Å². The molecule has 0 fully saturated rings. The van der Waals surface area contributed by atoms with Crippen molar-refractivity contribution in [2.45, 2.75) is 5.16 Å². The molecule has 9 heteroatoms. The fraction of sp³-hybridized carbons (Fsp3) is 0.111. The summed E-state index contributed by atoms with van der Waals surface area (Å²) in [6.45, 7) is 0. The molecule has 2 aromatic carbocycles. The van der Waals surface area contributed by atoms with Crippen molar-refractivity contribution in [2.24, 2.45) is 0 Å². The Morgan fingerprint density at radius 3 is 2.63 bits per heavy atom. The van der Waals surface area contributed by atoms with Gasteiger partial charge in [-0.1, -0.05) is 30.0 Å². The van der Waals surface area contributed by atoms with Gasteiger partial charge in [0.1, 0.15) is 11.4 Å². The monoisotopic (exact) mass is 384 g/mol. The van der Waals surface area contributed by atoms with E-state index in [1.807, 2.05) is 36.6 Å². The van der Waals surface area contributed by atoms with E-state index in [0.717, 1.165) is 5.69 Å². The number of para-hydroxylation sites is 1. The predicted molar refractivity (Wildman–Crippen MR) is 103 cm³/mol. The lowest BCUT2D eigenvalue weighted by molar-refractivity contribution is -0.384. The Morgan fingerprint density at radius 1 is 1.26 bits per heavy atom. The summed E-state index contributed by atoms with van der Waals surface area (Å²) in [7, 11) is 1.43. The molecule has 1 aromatic heterocycles. The Labute approximate surface area is 159 Å². The van der Waals surface area contributed by atoms with Gasteiger partial charge in [0.05, 0.1) is 23.9 Å². The molecule has 0 aliphatic heterocycles. The zero-order chi connectivity index (χ0) is 19.4. The van der Waals surface area contributed by atoms with Crippen LogP contribution in [0.25, 0.3) is 5.69 Å². The van der Waals surface area contributed by atoms with Gasteiger partial charge in [0, 0.05) is 17.8 Å². The van der Waals surface area contributed by atoms with Crippen LogP contribution in [0.15, 0.2) is 59.9 Å². The van der Waals surface area contributed by atoms with Gasteiger partial charge in [-0.05, 0) is 24.5 Å². The van der Waals surface area contributed by atoms with Gasteiger partial charge in [-0.25, -0.2) is 4.98 Å². The maximum Gasteiger partial charge on any atom is 0.274 e. The predicted octanol–water partition coefficient (Wildman–Crippen LogP) is 3.76. The van der Waals surface area contributed by atoms with Crippen molar-refractivity contribution in [3.63, 3.8) is 0 Å². The van der Waals surface area contributed by atoms with Gasteiger partial charge in [0.2, 0.25) is 0 Å². The van der Waals surface area contributed by atoms with Crippen LogP contribution in [0.5, 0.6) is 5.75 Å². The number of rotatable bonds is 6. The standard InChI is InChI=1S/C18H16N4O4S/c1-26-16-9-8-13(22(24)25)10-14(16)20-17(23)15-11-19-18(27-2)21(15)12-6-4-3-5-7-12/h3-11H,1-2H3,(H,20,23). The van der Waals surface area contributed by atoms with Gasteiger partial charge < -0.3 is 10.1 Å². The van der Waals surface area contributed by atoms with Crippen LogP contribution in [0.4, 0.5) is 11.4 Å². The second-order valence-corrected chi connectivity index (χ2v) is 6.17. The molecular formula is C18H16N4O4S. The number of nitrogens with zero attached hydrogens (tertiary/aromatic N) is 3. The third-order valence-corrected chi connectivity index (χ3v) is 4.45. The Bertz CT molecular complexity index is 988. The molecule has 0 saturated heterocycles. The summed E-state index contributed by atoms with van der Waals surface area (Å²) < 4.78 is 6.92. The van der Waals surface area contributed by atoms with Crippen molar-refractivity contribution in [3.8, 4) is 11.4 Å². The van der Waals surface area contributed by atoms with Crippen molar-refractivity contribution in [3.05, 3.63) is 70.5 Å². The minimum absolute atomic E-state index is 0.146. The number of methoxy groups -OCH3 is 1. The Hall–Kier alpha value is -3.33. The molecule has 3 rings (SSSR count). The smallest absolute Gasteiger partial charge is 0.274 e. The molecular weight excluding hydrogens is 368 g/mol. The fourth-order valence-corrected chi connectivity index (χ4v) is 3.10. The van der Waals surface area contributed by atoms with Gasteiger partial charge in [0.25, 0.3) is 11.6 Å². The molecule has 8 nitrogen and oxygen atoms in total. The number of aromatic nitrogens is 2. The number of anilines is 1. The molecule has 1 heterocycles. The van der Waals surface area contributed by atoms with E-state index in [2.05, 4.69) is 10.3 Å². The van der Waals surface area contributed by atoms with E-state index in [4.69, 9.17) is 4.74 Å². The van der Waals surface area contributed by atoms with E-state index in [0.29, 0.717) is 16.6 Å². The number of hydrogen-bond acceptors (Lipinski definition) is 6. The quantitative estimate of drug-likeness (QED) is 0.395. The molecule has 0 bridgehead atoms. The summed E-state index contributed by atoms with van der Waals surface area (Å²) in [5.74, 6) is -0.129. The number of non-ortho nitro benzene ring substituents is 1. The first-order valence-electron chi connectivity index (χ1n) is 7.86. The van der Waals surface area contributed by atoms with E-state index >= 15 is 0 Å². The number of imidazole rings is 1. The van der Waals surface area contributed by atoms with E-state index in [-0.39, 0.29) is 11.4 Å². The van der Waals surface area contributed by atoms with Gasteiger partial charge in [-0.3, -0.25) is 19.5 Å². The van der Waals surface area contributed by atoms with Crippen molar-refractivity contribution < 1.29 is 14.5 Å². The highest BCUT2D eigenvalue weighted by Crippen LogP contribution is 2.30. The molecule has 0 spiro atoms. The second-order valence-electron chi connectivity index (χ2n) is 5.40. The van der Waals surface area contributed by atoms with Gasteiger partial charge in [-0.15, -0.1) is 0 Å². The molecule has 1 amide bonds. The highest BCUT2D eigenvalue weighted by Gasteiger charge is 2.20. The van der Waals surface area contributed by atoms with Crippen molar-refractivity contribution in [1.29, 1.82) is 0 Å². The zero-order valence-corrected chi connectivity index (χ0v) is 15.4. The highest BCUT2D eigenvalue weighted by atomic mass is 32.2. The number of amides is 1. The summed E-state index contributed by atoms with van der Waals surface area (Å²) in [5.41, 5.74) is 1.16. The average Bonchev–Trinajstić information content (AvgIpc) is 3.12. The maximum atomic E-state index is 12.9. The number of benzene rings is 2. The number of hydrogen-bond donors (Lipinski definition) is 1. The largest absolute Gasteiger partial charge is 0.495 e. The van der Waals surface area contributed by atoms with E-state index < -0.39 is 10.8 Å². The third kappa shape index (κ3) is 3.77. The minimum Gasteiger partial charge on any atom is -0.495 e. The number of nitrogens with one attached hydrogen (secondary N) is 1. The Kier molecular flexibility index (Phi) is 5.41. The number of nitro groups is 1. The van der Waals surface area contributed by atoms with Gasteiger partial charge >= 0.3 is 0 Å². The summed E-state index contributed by atoms with van der Waals surface area (Å²) in [5, 5.41) is 14.4. The van der Waals surface area contributed by atoms with Crippen LogP contribution >= 0.6 is 11.8 Å². The first kappa shape index (κ1) is 18.5. The lowest BCUT2D eigenvalue weighted by Gasteiger charge is -2.13. The molecule has 0 unspecified atom stereocenters. The normalized spacial score (nSPS) is 10.4. The third-order valence-electron chi connectivity index (χ3n) is 3.80. The number of carbonyl (C=O) groups is 1. The summed E-state index contributed by atoms with van der Waals surface area (Å²) in [4.78, 5) is 27.7. The number of nitro benzene ring substituents is 1. The SMILES string of the molecule is COc1ccc([N+](=O)[O-])cc1NC(=O)c1cnc(SC)n1-c1ccccc1. The molecule has 0 radical (unpaired) electrons. The lowest BCUT2D eigenvalue weighted by atomic mass is 10.2. The van der Waals surface area contributed by atoms with Crippen LogP contribution in [-0.2, 0) is 0 Å². The summed E-state index contributed by atoms with van der Waals surface area (Å²) >= 11 is 1.41. The van der Waals surface area contributed by atoms with Crippen LogP contribution in [0.3, 0.4) is 0 Å². The summed E-state index contributed by atoms with van der Waals surface area (Å²) in [6.07, 6.45) is 3.34. The molecule has 0 saturated carbocycles. The zero-order valence-electron chi connectivity index (χ0n) is 14.6. The Balaban J connectivity index is 2.00. The molecule has 3 aromatic rings. The van der Waals surface area contributed by atoms with Crippen LogP contribution < -0.4 is 10.1 Å². The maximum absolute atomic E-state index is 12.9. The lowest BCUT2D eigenvalue weighted by Crippen LogP contribution is -2.17. The molecule has 0 aliphatic rings. The number of thioether (sulfide) groups is 1. The Morgan fingerprint density at radius 2 is 2.00 bits per heavy atom. The highest BCUT2D eigenvalue weighted by molar-refractivity contribution is 7.98. The molecule has 138 valence electrons. The topological polar surface area (TPSA) is 99.3 Å². The van der Waals surface area contributed by atoms with Crippen molar-refractivity contribution in [2.75, 3.05) is 18.7 Å². The van der Waals surface area contributed by atoms with E-state index in [1.165, 1.54) is 43.3 Å². The first-order chi connectivity index (χ1) is 13.0. The second kappa shape index (κ2) is 7.92. The van der Waals surface area contributed by atoms with Crippen molar-refractivity contribution >= 4 is 29.0 Å². The molecule has 0 atom stereocenters. The minimum atomic E-state index is -0.533. The van der Waals surface area contributed by atoms with E-state index in [9.17, 15) is 14.9 Å². The summed E-state index contributed by atoms with van der Waals surface area (Å²) in [6, 6.07) is 13.4. The van der Waals surface area contributed by atoms with Crippen LogP contribution in [0.2, 0.25) is 0 Å². The molecule has 27 heavy (non-hydrogen) atoms. The van der Waals surface area contributed by atoms with Crippen molar-refractivity contribution in [1.82, 2.24) is 9.55 Å². The fourth-order valence-electron chi connectivity index (χ4n) is 2.56. The number of ether oxygens (including phenoxy) is 1. The van der Waals surface area contributed by atoms with Gasteiger partial charge in [-0.2, -0.15) is 0 Å². The molecule has 0 aliphatic carbocycles. The molecule has 1 N–H and O–H groups in total. The first-order valence-corrected chi connectivity index (χ1v) is 9.08.